The Balaban J connectivity index is 2.40. The Morgan fingerprint density at radius 2 is 1.84 bits per heavy atom. The van der Waals surface area contributed by atoms with E-state index in [0.717, 1.165) is 18.2 Å². The minimum Gasteiger partial charge on any atom is -0.478 e. The first kappa shape index (κ1) is 13.5. The number of ether oxygens (including phenoxy) is 1. The molecule has 1 N–H and O–H groups in total. The summed E-state index contributed by atoms with van der Waals surface area (Å²) >= 11 is 3.09. The second-order valence-corrected chi connectivity index (χ2v) is 4.57. The zero-order valence-electron chi connectivity index (χ0n) is 9.36. The predicted molar refractivity (Wildman–Crippen MR) is 67.5 cm³/mol. The monoisotopic (exact) mass is 328 g/mol. The van der Waals surface area contributed by atoms with Gasteiger partial charge >= 0.3 is 5.97 Å². The molecule has 0 fully saturated rings. The molecule has 0 aliphatic rings. The van der Waals surface area contributed by atoms with Gasteiger partial charge < -0.3 is 9.84 Å². The summed E-state index contributed by atoms with van der Waals surface area (Å²) in [5.74, 6) is -2.51. The highest BCUT2D eigenvalue weighted by Gasteiger charge is 2.14. The molecule has 0 aliphatic heterocycles. The zero-order chi connectivity index (χ0) is 14.0. The van der Waals surface area contributed by atoms with Gasteiger partial charge in [0, 0.05) is 10.5 Å². The van der Waals surface area contributed by atoms with Gasteiger partial charge in [0.2, 0.25) is 0 Å². The Morgan fingerprint density at radius 3 is 2.47 bits per heavy atom. The quantitative estimate of drug-likeness (QED) is 0.917. The molecule has 19 heavy (non-hydrogen) atoms. The normalized spacial score (nSPS) is 10.3. The molecular formula is C13H7BrF2O3. The molecule has 0 spiro atoms. The molecule has 0 aliphatic carbocycles. The van der Waals surface area contributed by atoms with Crippen molar-refractivity contribution in [3.05, 3.63) is 58.1 Å². The van der Waals surface area contributed by atoms with Crippen molar-refractivity contribution < 1.29 is 23.4 Å². The van der Waals surface area contributed by atoms with Crippen molar-refractivity contribution in [3.8, 4) is 11.5 Å². The topological polar surface area (TPSA) is 46.5 Å². The van der Waals surface area contributed by atoms with E-state index in [1.165, 1.54) is 18.2 Å². The lowest BCUT2D eigenvalue weighted by Gasteiger charge is -2.09. The summed E-state index contributed by atoms with van der Waals surface area (Å²) in [5, 5.41) is 8.95. The number of carboxylic acids is 1. The van der Waals surface area contributed by atoms with Crippen LogP contribution < -0.4 is 4.74 Å². The number of hydrogen-bond donors (Lipinski definition) is 1. The first-order chi connectivity index (χ1) is 8.95. The Morgan fingerprint density at radius 1 is 1.11 bits per heavy atom. The number of aromatic carboxylic acids is 1. The SMILES string of the molecule is O=C(O)c1cc(F)ccc1Oc1cc(F)cc(Br)c1. The average molecular weight is 329 g/mol. The fourth-order valence-corrected chi connectivity index (χ4v) is 1.92. The third-order valence-electron chi connectivity index (χ3n) is 2.24. The van der Waals surface area contributed by atoms with E-state index in [4.69, 9.17) is 9.84 Å². The van der Waals surface area contributed by atoms with Crippen molar-refractivity contribution in [2.24, 2.45) is 0 Å². The van der Waals surface area contributed by atoms with Crippen molar-refractivity contribution in [3.63, 3.8) is 0 Å². The van der Waals surface area contributed by atoms with Gasteiger partial charge in [0.1, 0.15) is 28.7 Å². The molecule has 6 heteroatoms. The number of halogens is 3. The molecule has 0 atom stereocenters. The van der Waals surface area contributed by atoms with E-state index in [2.05, 4.69) is 15.9 Å². The van der Waals surface area contributed by atoms with Crippen LogP contribution in [0.25, 0.3) is 0 Å². The van der Waals surface area contributed by atoms with Crippen LogP contribution in [0.3, 0.4) is 0 Å². The van der Waals surface area contributed by atoms with Gasteiger partial charge in [-0.15, -0.1) is 0 Å². The fraction of sp³-hybridized carbons (Fsp3) is 0. The molecule has 0 heterocycles. The maximum absolute atomic E-state index is 13.2. The lowest BCUT2D eigenvalue weighted by atomic mass is 10.2. The maximum Gasteiger partial charge on any atom is 0.339 e. The van der Waals surface area contributed by atoms with Gasteiger partial charge in [0.05, 0.1) is 0 Å². The largest absolute Gasteiger partial charge is 0.478 e. The summed E-state index contributed by atoms with van der Waals surface area (Å²) < 4.78 is 31.9. The van der Waals surface area contributed by atoms with Crippen LogP contribution >= 0.6 is 15.9 Å². The fourth-order valence-electron chi connectivity index (χ4n) is 1.47. The molecule has 2 aromatic rings. The van der Waals surface area contributed by atoms with Gasteiger partial charge in [-0.05, 0) is 30.3 Å². The van der Waals surface area contributed by atoms with Crippen molar-refractivity contribution >= 4 is 21.9 Å². The van der Waals surface area contributed by atoms with Crippen molar-refractivity contribution in [2.45, 2.75) is 0 Å². The second-order valence-electron chi connectivity index (χ2n) is 3.65. The molecule has 0 aromatic heterocycles. The Hall–Kier alpha value is -1.95. The van der Waals surface area contributed by atoms with Crippen LogP contribution in [-0.2, 0) is 0 Å². The first-order valence-electron chi connectivity index (χ1n) is 5.12. The molecule has 0 radical (unpaired) electrons. The van der Waals surface area contributed by atoms with Crippen LogP contribution in [0.4, 0.5) is 8.78 Å². The Bertz CT molecular complexity index is 624. The van der Waals surface area contributed by atoms with Gasteiger partial charge in [0.25, 0.3) is 0 Å². The van der Waals surface area contributed by atoms with E-state index in [0.29, 0.717) is 4.47 Å². The van der Waals surface area contributed by atoms with Crippen molar-refractivity contribution in [1.82, 2.24) is 0 Å². The van der Waals surface area contributed by atoms with Crippen LogP contribution in [0, 0.1) is 11.6 Å². The smallest absolute Gasteiger partial charge is 0.339 e. The summed E-state index contributed by atoms with van der Waals surface area (Å²) in [6.45, 7) is 0. The predicted octanol–water partition coefficient (Wildman–Crippen LogP) is 4.22. The number of carboxylic acid groups (broad SMARTS) is 1. The summed E-state index contributed by atoms with van der Waals surface area (Å²) in [7, 11) is 0. The Kier molecular flexibility index (Phi) is 3.80. The van der Waals surface area contributed by atoms with Crippen molar-refractivity contribution in [1.29, 1.82) is 0 Å². The average Bonchev–Trinajstić information content (AvgIpc) is 2.30. The first-order valence-corrected chi connectivity index (χ1v) is 5.92. The van der Waals surface area contributed by atoms with E-state index in [1.807, 2.05) is 0 Å². The molecular weight excluding hydrogens is 322 g/mol. The summed E-state index contributed by atoms with van der Waals surface area (Å²) in [4.78, 5) is 11.0. The van der Waals surface area contributed by atoms with E-state index >= 15 is 0 Å². The lowest BCUT2D eigenvalue weighted by molar-refractivity contribution is 0.0693. The third kappa shape index (κ3) is 3.29. The van der Waals surface area contributed by atoms with Gasteiger partial charge in [0.15, 0.2) is 0 Å². The molecule has 2 rings (SSSR count). The van der Waals surface area contributed by atoms with E-state index in [-0.39, 0.29) is 17.1 Å². The standard InChI is InChI=1S/C13H7BrF2O3/c14-7-3-9(16)5-10(4-7)19-12-2-1-8(15)6-11(12)13(17)18/h1-6H,(H,17,18). The summed E-state index contributed by atoms with van der Waals surface area (Å²) in [5.41, 5.74) is -0.333. The molecule has 3 nitrogen and oxygen atoms in total. The minimum atomic E-state index is -1.33. The second kappa shape index (κ2) is 5.36. The van der Waals surface area contributed by atoms with E-state index in [1.54, 1.807) is 0 Å². The van der Waals surface area contributed by atoms with Gasteiger partial charge in [-0.2, -0.15) is 0 Å². The maximum atomic E-state index is 13.2. The number of benzene rings is 2. The van der Waals surface area contributed by atoms with E-state index < -0.39 is 17.6 Å². The number of carbonyl (C=O) groups is 1. The van der Waals surface area contributed by atoms with Crippen LogP contribution in [0.2, 0.25) is 0 Å². The minimum absolute atomic E-state index is 0.0635. The van der Waals surface area contributed by atoms with Crippen LogP contribution in [-0.4, -0.2) is 11.1 Å². The highest BCUT2D eigenvalue weighted by molar-refractivity contribution is 9.10. The molecule has 0 saturated carbocycles. The molecule has 0 saturated heterocycles. The van der Waals surface area contributed by atoms with Crippen LogP contribution in [0.15, 0.2) is 40.9 Å². The third-order valence-corrected chi connectivity index (χ3v) is 2.69. The molecule has 0 bridgehead atoms. The molecule has 98 valence electrons. The molecule has 0 amide bonds. The molecule has 2 aromatic carbocycles. The van der Waals surface area contributed by atoms with E-state index in [9.17, 15) is 13.6 Å². The zero-order valence-corrected chi connectivity index (χ0v) is 10.9. The van der Waals surface area contributed by atoms with Crippen LogP contribution in [0.1, 0.15) is 10.4 Å². The van der Waals surface area contributed by atoms with Gasteiger partial charge in [-0.3, -0.25) is 0 Å². The lowest BCUT2D eigenvalue weighted by Crippen LogP contribution is -2.01. The Labute approximate surface area is 115 Å². The highest BCUT2D eigenvalue weighted by atomic mass is 79.9. The van der Waals surface area contributed by atoms with Gasteiger partial charge in [-0.1, -0.05) is 15.9 Å². The van der Waals surface area contributed by atoms with Crippen molar-refractivity contribution in [2.75, 3.05) is 0 Å². The van der Waals surface area contributed by atoms with Crippen LogP contribution in [0.5, 0.6) is 11.5 Å². The number of hydrogen-bond acceptors (Lipinski definition) is 2. The van der Waals surface area contributed by atoms with Gasteiger partial charge in [-0.25, -0.2) is 13.6 Å². The number of rotatable bonds is 3. The molecule has 0 unspecified atom stereocenters. The highest BCUT2D eigenvalue weighted by Crippen LogP contribution is 2.29. The summed E-state index contributed by atoms with van der Waals surface area (Å²) in [6, 6.07) is 6.88. The summed E-state index contributed by atoms with van der Waals surface area (Å²) in [6.07, 6.45) is 0.